The van der Waals surface area contributed by atoms with Gasteiger partial charge in [-0.3, -0.25) is 0 Å². The molecule has 1 aliphatic heterocycles. The zero-order chi connectivity index (χ0) is 12.6. The molecule has 1 aromatic carbocycles. The van der Waals surface area contributed by atoms with Crippen molar-refractivity contribution in [3.63, 3.8) is 0 Å². The smallest absolute Gasteiger partial charge is 0.119 e. The quantitative estimate of drug-likeness (QED) is 0.709. The normalized spacial score (nSPS) is 15.2. The first-order valence-corrected chi connectivity index (χ1v) is 6.44. The third-order valence-electron chi connectivity index (χ3n) is 2.97. The highest BCUT2D eigenvalue weighted by Gasteiger charge is 2.06. The van der Waals surface area contributed by atoms with E-state index in [1.54, 1.807) is 0 Å². The second kappa shape index (κ2) is 7.02. The Morgan fingerprint density at radius 1 is 1.28 bits per heavy atom. The van der Waals surface area contributed by atoms with Crippen LogP contribution in [0.5, 0.6) is 5.75 Å². The van der Waals surface area contributed by atoms with Gasteiger partial charge in [-0.05, 0) is 43.5 Å². The Hall–Kier alpha value is -1.54. The number of hydrogen-bond donors (Lipinski definition) is 0. The van der Waals surface area contributed by atoms with Gasteiger partial charge in [0.05, 0.1) is 13.2 Å². The third kappa shape index (κ3) is 4.38. The zero-order valence-corrected chi connectivity index (χ0v) is 10.9. The lowest BCUT2D eigenvalue weighted by Crippen LogP contribution is -2.15. The van der Waals surface area contributed by atoms with Crippen LogP contribution in [0.25, 0.3) is 0 Å². The van der Waals surface area contributed by atoms with E-state index in [2.05, 4.69) is 19.1 Å². The van der Waals surface area contributed by atoms with Crippen molar-refractivity contribution < 1.29 is 9.47 Å². The molecule has 2 heteroatoms. The van der Waals surface area contributed by atoms with E-state index in [1.165, 1.54) is 11.1 Å². The van der Waals surface area contributed by atoms with E-state index < -0.39 is 0 Å². The molecule has 1 saturated heterocycles. The fourth-order valence-corrected chi connectivity index (χ4v) is 1.74. The maximum absolute atomic E-state index is 5.62. The second-order valence-corrected chi connectivity index (χ2v) is 4.57. The molecule has 0 saturated carbocycles. The van der Waals surface area contributed by atoms with Crippen LogP contribution in [-0.2, 0) is 4.74 Å². The average molecular weight is 244 g/mol. The maximum atomic E-state index is 5.62. The molecule has 0 aliphatic carbocycles. The first kappa shape index (κ1) is 12.9. The Morgan fingerprint density at radius 2 is 2.06 bits per heavy atom. The van der Waals surface area contributed by atoms with E-state index in [0.29, 0.717) is 6.61 Å². The monoisotopic (exact) mass is 244 g/mol. The van der Waals surface area contributed by atoms with Crippen molar-refractivity contribution in [1.29, 1.82) is 0 Å². The van der Waals surface area contributed by atoms with Crippen LogP contribution in [0.3, 0.4) is 0 Å². The molecule has 96 valence electrons. The van der Waals surface area contributed by atoms with Crippen molar-refractivity contribution in [2.45, 2.75) is 19.8 Å². The molecule has 0 amide bonds. The van der Waals surface area contributed by atoms with Crippen molar-refractivity contribution in [1.82, 2.24) is 0 Å². The lowest BCUT2D eigenvalue weighted by Gasteiger charge is -2.17. The van der Waals surface area contributed by atoms with Crippen LogP contribution in [-0.4, -0.2) is 19.8 Å². The summed E-state index contributed by atoms with van der Waals surface area (Å²) in [4.78, 5) is 0. The topological polar surface area (TPSA) is 18.5 Å². The van der Waals surface area contributed by atoms with Crippen molar-refractivity contribution in [2.75, 3.05) is 19.8 Å². The summed E-state index contributed by atoms with van der Waals surface area (Å²) in [6.45, 7) is 4.47. The molecule has 0 bridgehead atoms. The number of ether oxygens (including phenoxy) is 2. The van der Waals surface area contributed by atoms with Gasteiger partial charge in [0, 0.05) is 0 Å². The summed E-state index contributed by atoms with van der Waals surface area (Å²) < 4.78 is 10.7. The van der Waals surface area contributed by atoms with Crippen LogP contribution in [0.2, 0.25) is 0 Å². The van der Waals surface area contributed by atoms with Gasteiger partial charge in [-0.1, -0.05) is 29.8 Å². The van der Waals surface area contributed by atoms with Crippen LogP contribution in [0.15, 0.2) is 53.6 Å². The Balaban J connectivity index is 1.65. The van der Waals surface area contributed by atoms with Gasteiger partial charge in [-0.25, -0.2) is 0 Å². The summed E-state index contributed by atoms with van der Waals surface area (Å²) in [5.41, 5.74) is 2.81. The molecule has 0 N–H and O–H groups in total. The summed E-state index contributed by atoms with van der Waals surface area (Å²) >= 11 is 0. The molecular formula is C16H20O2. The summed E-state index contributed by atoms with van der Waals surface area (Å²) in [6, 6.07) is 9.91. The van der Waals surface area contributed by atoms with Gasteiger partial charge in [0.2, 0.25) is 0 Å². The SMILES string of the molecule is C/C(=C\COc1ccccc1)CCC=C1COC1. The summed E-state index contributed by atoms with van der Waals surface area (Å²) in [5.74, 6) is 0.926. The van der Waals surface area contributed by atoms with E-state index >= 15 is 0 Å². The van der Waals surface area contributed by atoms with E-state index in [4.69, 9.17) is 9.47 Å². The summed E-state index contributed by atoms with van der Waals surface area (Å²) in [5, 5.41) is 0. The van der Waals surface area contributed by atoms with Gasteiger partial charge in [0.1, 0.15) is 12.4 Å². The fraction of sp³-hybridized carbons (Fsp3) is 0.375. The summed E-state index contributed by atoms with van der Waals surface area (Å²) in [6.07, 6.45) is 6.65. The molecule has 0 unspecified atom stereocenters. The van der Waals surface area contributed by atoms with Crippen LogP contribution >= 0.6 is 0 Å². The lowest BCUT2D eigenvalue weighted by atomic mass is 10.1. The largest absolute Gasteiger partial charge is 0.490 e. The Labute approximate surface area is 109 Å². The molecule has 0 aromatic heterocycles. The highest BCUT2D eigenvalue weighted by atomic mass is 16.5. The van der Waals surface area contributed by atoms with Gasteiger partial charge in [-0.2, -0.15) is 0 Å². The van der Waals surface area contributed by atoms with Crippen LogP contribution in [0.4, 0.5) is 0 Å². The number of benzene rings is 1. The van der Waals surface area contributed by atoms with Crippen molar-refractivity contribution in [3.8, 4) is 5.75 Å². The number of hydrogen-bond acceptors (Lipinski definition) is 2. The Morgan fingerprint density at radius 3 is 2.72 bits per heavy atom. The van der Waals surface area contributed by atoms with E-state index in [0.717, 1.165) is 31.8 Å². The number of para-hydroxylation sites is 1. The van der Waals surface area contributed by atoms with Crippen molar-refractivity contribution >= 4 is 0 Å². The fourth-order valence-electron chi connectivity index (χ4n) is 1.74. The standard InChI is InChI=1S/C16H20O2/c1-14(6-5-7-15-12-17-13-15)10-11-18-16-8-3-2-4-9-16/h2-4,7-10H,5-6,11-13H2,1H3/b14-10+. The molecule has 0 atom stereocenters. The minimum atomic E-state index is 0.648. The van der Waals surface area contributed by atoms with E-state index in [-0.39, 0.29) is 0 Å². The summed E-state index contributed by atoms with van der Waals surface area (Å²) in [7, 11) is 0. The predicted octanol–water partition coefficient (Wildman–Crippen LogP) is 3.75. The van der Waals surface area contributed by atoms with Gasteiger partial charge < -0.3 is 9.47 Å². The third-order valence-corrected chi connectivity index (χ3v) is 2.97. The number of allylic oxidation sites excluding steroid dienone is 2. The lowest BCUT2D eigenvalue weighted by molar-refractivity contribution is 0.102. The average Bonchev–Trinajstić information content (AvgIpc) is 2.34. The molecule has 1 aliphatic rings. The molecule has 0 radical (unpaired) electrons. The molecule has 2 nitrogen and oxygen atoms in total. The molecule has 18 heavy (non-hydrogen) atoms. The minimum absolute atomic E-state index is 0.648. The Bertz CT molecular complexity index is 412. The van der Waals surface area contributed by atoms with Crippen molar-refractivity contribution in [2.24, 2.45) is 0 Å². The van der Waals surface area contributed by atoms with Crippen molar-refractivity contribution in [3.05, 3.63) is 53.6 Å². The molecule has 0 spiro atoms. The number of rotatable bonds is 6. The zero-order valence-electron chi connectivity index (χ0n) is 10.9. The van der Waals surface area contributed by atoms with Crippen LogP contribution < -0.4 is 4.74 Å². The molecule has 2 rings (SSSR count). The second-order valence-electron chi connectivity index (χ2n) is 4.57. The Kier molecular flexibility index (Phi) is 5.03. The highest BCUT2D eigenvalue weighted by Crippen LogP contribution is 2.13. The minimum Gasteiger partial charge on any atom is -0.490 e. The first-order valence-electron chi connectivity index (χ1n) is 6.44. The van der Waals surface area contributed by atoms with Gasteiger partial charge in [0.25, 0.3) is 0 Å². The molecule has 1 fully saturated rings. The van der Waals surface area contributed by atoms with Crippen LogP contribution in [0.1, 0.15) is 19.8 Å². The predicted molar refractivity (Wildman–Crippen MR) is 73.8 cm³/mol. The van der Waals surface area contributed by atoms with Crippen LogP contribution in [0, 0.1) is 0 Å². The maximum Gasteiger partial charge on any atom is 0.119 e. The molecule has 1 heterocycles. The van der Waals surface area contributed by atoms with E-state index in [1.807, 2.05) is 30.3 Å². The highest BCUT2D eigenvalue weighted by molar-refractivity contribution is 5.21. The molecule has 1 aromatic rings. The van der Waals surface area contributed by atoms with E-state index in [9.17, 15) is 0 Å². The molecular weight excluding hydrogens is 224 g/mol. The van der Waals surface area contributed by atoms with Gasteiger partial charge >= 0.3 is 0 Å². The van der Waals surface area contributed by atoms with Gasteiger partial charge in [-0.15, -0.1) is 0 Å². The first-order chi connectivity index (χ1) is 8.84. The van der Waals surface area contributed by atoms with Gasteiger partial charge in [0.15, 0.2) is 0 Å².